The Morgan fingerprint density at radius 2 is 1.79 bits per heavy atom. The topological polar surface area (TPSA) is 72.5 Å². The lowest BCUT2D eigenvalue weighted by Gasteiger charge is -2.27. The fourth-order valence-corrected chi connectivity index (χ4v) is 3.74. The van der Waals surface area contributed by atoms with Crippen LogP contribution in [0, 0.1) is 11.6 Å². The molecule has 5 nitrogen and oxygen atoms in total. The maximum absolute atomic E-state index is 14.2. The Morgan fingerprint density at radius 1 is 1.07 bits per heavy atom. The van der Waals surface area contributed by atoms with Gasteiger partial charge >= 0.3 is 5.97 Å². The molecule has 0 saturated heterocycles. The van der Waals surface area contributed by atoms with Crippen LogP contribution in [-0.2, 0) is 19.7 Å². The molecule has 0 atom stereocenters. The van der Waals surface area contributed by atoms with E-state index < -0.39 is 35.4 Å². The third kappa shape index (κ3) is 4.50. The number of ketones is 1. The molecule has 0 aliphatic heterocycles. The van der Waals surface area contributed by atoms with Crippen LogP contribution in [0.25, 0.3) is 0 Å². The molecule has 2 aromatic rings. The van der Waals surface area contributed by atoms with Crippen LogP contribution >= 0.6 is 0 Å². The summed E-state index contributed by atoms with van der Waals surface area (Å²) in [5.74, 6) is -2.93. The van der Waals surface area contributed by atoms with E-state index in [1.165, 1.54) is 37.3 Å². The minimum absolute atomic E-state index is 0.222. The standard InChI is InChI=1S/C22H21F2NO4/c1-14(26)25-17-7-8-18(19(24)12-17)20(27)13-29-21(28)22(9-2-3-10-22)15-5-4-6-16(23)11-15/h4-8,11-12H,2-3,9-10,13H2,1H3,(H,25,26). The Bertz CT molecular complexity index is 952. The van der Waals surface area contributed by atoms with Gasteiger partial charge in [0.05, 0.1) is 11.0 Å². The lowest BCUT2D eigenvalue weighted by Crippen LogP contribution is -2.36. The van der Waals surface area contributed by atoms with Gasteiger partial charge in [-0.1, -0.05) is 25.0 Å². The molecule has 1 N–H and O–H groups in total. The number of nitrogens with one attached hydrogen (secondary N) is 1. The summed E-state index contributed by atoms with van der Waals surface area (Å²) in [5.41, 5.74) is -0.480. The molecule has 0 bridgehead atoms. The molecule has 2 aromatic carbocycles. The summed E-state index contributed by atoms with van der Waals surface area (Å²) in [7, 11) is 0. The van der Waals surface area contributed by atoms with E-state index in [0.29, 0.717) is 18.4 Å². The molecule has 1 saturated carbocycles. The maximum Gasteiger partial charge on any atom is 0.317 e. The molecule has 29 heavy (non-hydrogen) atoms. The minimum Gasteiger partial charge on any atom is -0.457 e. The highest BCUT2D eigenvalue weighted by Gasteiger charge is 2.44. The summed E-state index contributed by atoms with van der Waals surface area (Å²) in [4.78, 5) is 36.2. The number of benzene rings is 2. The first kappa shape index (κ1) is 20.6. The van der Waals surface area contributed by atoms with Crippen molar-refractivity contribution >= 4 is 23.3 Å². The number of ether oxygens (including phenoxy) is 1. The SMILES string of the molecule is CC(=O)Nc1ccc(C(=O)COC(=O)C2(c3cccc(F)c3)CCCC2)c(F)c1. The summed E-state index contributed by atoms with van der Waals surface area (Å²) >= 11 is 0. The number of hydrogen-bond acceptors (Lipinski definition) is 4. The highest BCUT2D eigenvalue weighted by Crippen LogP contribution is 2.42. The van der Waals surface area contributed by atoms with Crippen LogP contribution in [0.3, 0.4) is 0 Å². The van der Waals surface area contributed by atoms with Gasteiger partial charge in [0, 0.05) is 12.6 Å². The van der Waals surface area contributed by atoms with Crippen molar-refractivity contribution in [3.05, 3.63) is 65.2 Å². The van der Waals surface area contributed by atoms with Crippen LogP contribution < -0.4 is 5.32 Å². The molecule has 0 heterocycles. The highest BCUT2D eigenvalue weighted by molar-refractivity contribution is 5.99. The van der Waals surface area contributed by atoms with Gasteiger partial charge in [0.15, 0.2) is 6.61 Å². The maximum atomic E-state index is 14.2. The second kappa shape index (κ2) is 8.51. The fourth-order valence-electron chi connectivity index (χ4n) is 3.74. The van der Waals surface area contributed by atoms with Gasteiger partial charge in [0.25, 0.3) is 0 Å². The van der Waals surface area contributed by atoms with Crippen LogP contribution in [0.5, 0.6) is 0 Å². The van der Waals surface area contributed by atoms with Crippen molar-refractivity contribution in [2.24, 2.45) is 0 Å². The molecule has 152 valence electrons. The Hall–Kier alpha value is -3.09. The summed E-state index contributed by atoms with van der Waals surface area (Å²) < 4.78 is 33.1. The number of Topliss-reactive ketones (excluding diaryl/α,β-unsaturated/α-hetero) is 1. The molecule has 7 heteroatoms. The number of carbonyl (C=O) groups excluding carboxylic acids is 3. The number of carbonyl (C=O) groups is 3. The summed E-state index contributed by atoms with van der Waals surface area (Å²) in [5, 5.41) is 2.42. The van der Waals surface area contributed by atoms with E-state index in [4.69, 9.17) is 4.74 Å². The smallest absolute Gasteiger partial charge is 0.317 e. The van der Waals surface area contributed by atoms with Gasteiger partial charge in [-0.05, 0) is 48.7 Å². The van der Waals surface area contributed by atoms with E-state index in [-0.39, 0.29) is 17.2 Å². The van der Waals surface area contributed by atoms with Crippen molar-refractivity contribution in [1.82, 2.24) is 0 Å². The van der Waals surface area contributed by atoms with Crippen molar-refractivity contribution in [1.29, 1.82) is 0 Å². The first-order chi connectivity index (χ1) is 13.8. The number of rotatable bonds is 6. The highest BCUT2D eigenvalue weighted by atomic mass is 19.1. The quantitative estimate of drug-likeness (QED) is 0.583. The monoisotopic (exact) mass is 401 g/mol. The second-order valence-electron chi connectivity index (χ2n) is 7.17. The Morgan fingerprint density at radius 3 is 2.41 bits per heavy atom. The zero-order valence-corrected chi connectivity index (χ0v) is 16.0. The Labute approximate surface area is 167 Å². The zero-order valence-electron chi connectivity index (χ0n) is 16.0. The lowest BCUT2D eigenvalue weighted by molar-refractivity contribution is -0.149. The normalized spacial score (nSPS) is 15.0. The number of anilines is 1. The Kier molecular flexibility index (Phi) is 6.06. The van der Waals surface area contributed by atoms with E-state index in [0.717, 1.165) is 18.9 Å². The van der Waals surface area contributed by atoms with Gasteiger partial charge in [-0.25, -0.2) is 8.78 Å². The molecule has 1 fully saturated rings. The van der Waals surface area contributed by atoms with E-state index >= 15 is 0 Å². The lowest BCUT2D eigenvalue weighted by atomic mass is 9.79. The molecule has 1 aliphatic carbocycles. The Balaban J connectivity index is 1.72. The first-order valence-corrected chi connectivity index (χ1v) is 9.35. The van der Waals surface area contributed by atoms with Crippen molar-refractivity contribution < 1.29 is 27.9 Å². The van der Waals surface area contributed by atoms with Gasteiger partial charge in [-0.2, -0.15) is 0 Å². The second-order valence-corrected chi connectivity index (χ2v) is 7.17. The van der Waals surface area contributed by atoms with Gasteiger partial charge in [-0.15, -0.1) is 0 Å². The van der Waals surface area contributed by atoms with E-state index in [1.54, 1.807) is 6.07 Å². The van der Waals surface area contributed by atoms with Crippen LogP contribution in [0.4, 0.5) is 14.5 Å². The van der Waals surface area contributed by atoms with Crippen LogP contribution in [0.2, 0.25) is 0 Å². The number of halogens is 2. The van der Waals surface area contributed by atoms with Gasteiger partial charge in [-0.3, -0.25) is 14.4 Å². The van der Waals surface area contributed by atoms with Crippen LogP contribution in [0.15, 0.2) is 42.5 Å². The molecule has 1 aliphatic rings. The van der Waals surface area contributed by atoms with Crippen molar-refractivity contribution in [3.63, 3.8) is 0 Å². The predicted molar refractivity (Wildman–Crippen MR) is 103 cm³/mol. The van der Waals surface area contributed by atoms with Gasteiger partial charge < -0.3 is 10.1 Å². The van der Waals surface area contributed by atoms with Gasteiger partial charge in [0.2, 0.25) is 11.7 Å². The molecule has 0 spiro atoms. The number of hydrogen-bond donors (Lipinski definition) is 1. The number of amides is 1. The zero-order chi connectivity index (χ0) is 21.0. The molecule has 0 radical (unpaired) electrons. The van der Waals surface area contributed by atoms with Crippen LogP contribution in [0.1, 0.15) is 48.5 Å². The van der Waals surface area contributed by atoms with Crippen molar-refractivity contribution in [2.45, 2.75) is 38.0 Å². The van der Waals surface area contributed by atoms with E-state index in [9.17, 15) is 23.2 Å². The minimum atomic E-state index is -0.990. The van der Waals surface area contributed by atoms with Crippen molar-refractivity contribution in [3.8, 4) is 0 Å². The average Bonchev–Trinajstić information content (AvgIpc) is 3.16. The number of esters is 1. The van der Waals surface area contributed by atoms with Crippen LogP contribution in [-0.4, -0.2) is 24.3 Å². The first-order valence-electron chi connectivity index (χ1n) is 9.35. The third-order valence-corrected chi connectivity index (χ3v) is 5.15. The average molecular weight is 401 g/mol. The summed E-state index contributed by atoms with van der Waals surface area (Å²) in [6.45, 7) is 0.667. The largest absolute Gasteiger partial charge is 0.457 e. The molecule has 0 unspecified atom stereocenters. The summed E-state index contributed by atoms with van der Waals surface area (Å²) in [6.07, 6.45) is 2.59. The summed E-state index contributed by atoms with van der Waals surface area (Å²) in [6, 6.07) is 9.48. The van der Waals surface area contributed by atoms with Crippen molar-refractivity contribution in [2.75, 3.05) is 11.9 Å². The molecule has 3 rings (SSSR count). The molecule has 1 amide bonds. The van der Waals surface area contributed by atoms with E-state index in [1.807, 2.05) is 0 Å². The fraction of sp³-hybridized carbons (Fsp3) is 0.318. The molecular weight excluding hydrogens is 380 g/mol. The molecular formula is C22H21F2NO4. The third-order valence-electron chi connectivity index (χ3n) is 5.15. The molecule has 0 aromatic heterocycles. The van der Waals surface area contributed by atoms with E-state index in [2.05, 4.69) is 5.32 Å². The van der Waals surface area contributed by atoms with Gasteiger partial charge in [0.1, 0.15) is 11.6 Å². The predicted octanol–water partition coefficient (Wildman–Crippen LogP) is 4.16.